The van der Waals surface area contributed by atoms with Crippen LogP contribution in [-0.2, 0) is 0 Å². The van der Waals surface area contributed by atoms with E-state index in [1.165, 1.54) is 0 Å². The van der Waals surface area contributed by atoms with E-state index in [4.69, 9.17) is 9.84 Å². The van der Waals surface area contributed by atoms with E-state index in [1.54, 1.807) is 16.9 Å². The number of urea groups is 1. The molecule has 6 rings (SSSR count). The van der Waals surface area contributed by atoms with Crippen LogP contribution in [0.2, 0.25) is 0 Å². The van der Waals surface area contributed by atoms with Crippen molar-refractivity contribution < 1.29 is 9.53 Å². The third kappa shape index (κ3) is 6.76. The van der Waals surface area contributed by atoms with Gasteiger partial charge in [0.25, 0.3) is 0 Å². The van der Waals surface area contributed by atoms with Crippen molar-refractivity contribution in [3.05, 3.63) is 115 Å². The normalized spacial score (nSPS) is 11.6. The first kappa shape index (κ1) is 29.7. The van der Waals surface area contributed by atoms with Crippen molar-refractivity contribution in [3.8, 4) is 17.3 Å². The van der Waals surface area contributed by atoms with Gasteiger partial charge in [-0.25, -0.2) is 24.5 Å². The fourth-order valence-electron chi connectivity index (χ4n) is 4.71. The summed E-state index contributed by atoms with van der Waals surface area (Å²) in [4.78, 5) is 22.3. The average Bonchev–Trinajstić information content (AvgIpc) is 3.47. The summed E-state index contributed by atoms with van der Waals surface area (Å²) >= 11 is 0. The average molecular weight is 618 g/mol. The van der Waals surface area contributed by atoms with Crippen LogP contribution in [0.25, 0.3) is 16.5 Å². The number of carbonyl (C=O) groups excluding carboxylic acids is 1. The van der Waals surface area contributed by atoms with E-state index in [2.05, 4.69) is 45.4 Å². The van der Waals surface area contributed by atoms with Crippen molar-refractivity contribution in [2.45, 2.75) is 18.9 Å². The van der Waals surface area contributed by atoms with Crippen molar-refractivity contribution >= 4 is 50.0 Å². The van der Waals surface area contributed by atoms with Crippen molar-refractivity contribution in [2.75, 3.05) is 34.2 Å². The number of aryl methyl sites for hydroxylation is 1. The number of aromatic nitrogens is 4. The molecular weight excluding hydrogens is 582 g/mol. The summed E-state index contributed by atoms with van der Waals surface area (Å²) in [6.45, 7) is 4.22. The minimum absolute atomic E-state index is 0.370. The van der Waals surface area contributed by atoms with Gasteiger partial charge in [0.1, 0.15) is 16.6 Å². The van der Waals surface area contributed by atoms with Gasteiger partial charge in [0.15, 0.2) is 0 Å². The summed E-state index contributed by atoms with van der Waals surface area (Å²) in [6.07, 6.45) is 6.11. The van der Waals surface area contributed by atoms with Gasteiger partial charge in [-0.15, -0.1) is 0 Å². The number of amides is 2. The van der Waals surface area contributed by atoms with E-state index in [-0.39, 0.29) is 6.03 Å². The lowest BCUT2D eigenvalue weighted by atomic mass is 10.1. The number of nitrogens with one attached hydrogen (secondary N) is 3. The van der Waals surface area contributed by atoms with Crippen LogP contribution in [-0.4, -0.2) is 44.0 Å². The standard InChI is InChI=1S/C35H35N7O2S/c1-5-45(3,4)33-23-31(42(41-33)26-17-15-24(2)16-18-26)39-35(43)38-29-19-20-30(28-14-10-9-13-27(28)29)44-32-21-22-36-34(40-32)37-25-11-7-6-8-12-25/h6-23H,5H2,1-4H3,(H,36,37,40)(H2,38,39,43). The number of carbonyl (C=O) groups is 1. The zero-order chi connectivity index (χ0) is 31.4. The number of ether oxygens (including phenoxy) is 1. The molecule has 0 atom stereocenters. The molecule has 3 N–H and O–H groups in total. The zero-order valence-corrected chi connectivity index (χ0v) is 26.4. The van der Waals surface area contributed by atoms with E-state index >= 15 is 0 Å². The van der Waals surface area contributed by atoms with Crippen LogP contribution in [0.4, 0.5) is 27.9 Å². The maximum atomic E-state index is 13.4. The van der Waals surface area contributed by atoms with E-state index < -0.39 is 10.0 Å². The largest absolute Gasteiger partial charge is 0.438 e. The summed E-state index contributed by atoms with van der Waals surface area (Å²) < 4.78 is 8.02. The predicted octanol–water partition coefficient (Wildman–Crippen LogP) is 8.75. The van der Waals surface area contributed by atoms with Crippen LogP contribution in [0.1, 0.15) is 12.5 Å². The number of nitrogens with zero attached hydrogens (tertiary/aromatic N) is 4. The summed E-state index contributed by atoms with van der Waals surface area (Å²) in [7, 11) is -1.12. The Labute approximate surface area is 264 Å². The topological polar surface area (TPSA) is 106 Å². The highest BCUT2D eigenvalue weighted by molar-refractivity contribution is 8.32. The minimum atomic E-state index is -1.12. The Morgan fingerprint density at radius 3 is 2.36 bits per heavy atom. The van der Waals surface area contributed by atoms with Crippen molar-refractivity contribution in [1.82, 2.24) is 19.7 Å². The van der Waals surface area contributed by atoms with E-state index in [9.17, 15) is 4.79 Å². The molecule has 6 aromatic rings. The summed E-state index contributed by atoms with van der Waals surface area (Å²) in [6, 6.07) is 32.5. The first-order valence-corrected chi connectivity index (χ1v) is 17.2. The molecule has 0 aliphatic carbocycles. The summed E-state index contributed by atoms with van der Waals surface area (Å²) in [5, 5.41) is 16.8. The third-order valence-corrected chi connectivity index (χ3v) is 10.3. The highest BCUT2D eigenvalue weighted by Crippen LogP contribution is 2.48. The second kappa shape index (κ2) is 12.7. The lowest BCUT2D eigenvalue weighted by Crippen LogP contribution is -2.21. The molecule has 0 aliphatic heterocycles. The van der Waals surface area contributed by atoms with E-state index in [0.717, 1.165) is 38.5 Å². The second-order valence-electron chi connectivity index (χ2n) is 11.0. The molecule has 10 heteroatoms. The highest BCUT2D eigenvalue weighted by atomic mass is 32.3. The molecule has 0 saturated heterocycles. The number of hydrogen-bond donors (Lipinski definition) is 3. The number of anilines is 4. The molecule has 0 unspecified atom stereocenters. The quantitative estimate of drug-likeness (QED) is 0.150. The lowest BCUT2D eigenvalue weighted by molar-refractivity contribution is 0.262. The number of rotatable bonds is 9. The monoisotopic (exact) mass is 617 g/mol. The Balaban J connectivity index is 1.24. The third-order valence-electron chi connectivity index (χ3n) is 7.50. The summed E-state index contributed by atoms with van der Waals surface area (Å²) in [5.41, 5.74) is 3.56. The van der Waals surface area contributed by atoms with Crippen LogP contribution in [0.3, 0.4) is 0 Å². The predicted molar refractivity (Wildman–Crippen MR) is 185 cm³/mol. The number of fused-ring (bicyclic) bond motifs is 1. The fourth-order valence-corrected chi connectivity index (χ4v) is 5.74. The SMILES string of the molecule is CCS(C)(C)c1cc(NC(=O)Nc2ccc(Oc3ccnc(Nc4ccccc4)n3)c3ccccc23)n(-c2ccc(C)cc2)n1. The molecule has 0 radical (unpaired) electrons. The van der Waals surface area contributed by atoms with Crippen molar-refractivity contribution in [2.24, 2.45) is 0 Å². The Morgan fingerprint density at radius 2 is 1.60 bits per heavy atom. The second-order valence-corrected chi connectivity index (χ2v) is 15.1. The molecule has 4 aromatic carbocycles. The number of hydrogen-bond acceptors (Lipinski definition) is 6. The molecule has 2 aromatic heterocycles. The van der Waals surface area contributed by atoms with Gasteiger partial charge in [-0.1, -0.05) is 67.1 Å². The molecule has 228 valence electrons. The van der Waals surface area contributed by atoms with Crippen LogP contribution in [0.15, 0.2) is 114 Å². The van der Waals surface area contributed by atoms with Gasteiger partial charge in [-0.3, -0.25) is 5.32 Å². The summed E-state index contributed by atoms with van der Waals surface area (Å²) in [5.74, 6) is 3.02. The van der Waals surface area contributed by atoms with E-state index in [1.807, 2.05) is 104 Å². The van der Waals surface area contributed by atoms with E-state index in [0.29, 0.717) is 29.1 Å². The molecule has 45 heavy (non-hydrogen) atoms. The molecule has 0 aliphatic rings. The Morgan fingerprint density at radius 1 is 0.867 bits per heavy atom. The molecule has 2 amide bonds. The molecule has 0 bridgehead atoms. The van der Waals surface area contributed by atoms with Crippen LogP contribution >= 0.6 is 10.0 Å². The number of para-hydroxylation sites is 1. The minimum Gasteiger partial charge on any atom is -0.438 e. The van der Waals surface area contributed by atoms with Gasteiger partial charge in [-0.05, 0) is 61.6 Å². The Hall–Kier alpha value is -5.35. The fraction of sp³-hybridized carbons (Fsp3) is 0.143. The molecule has 0 spiro atoms. The maximum absolute atomic E-state index is 13.4. The molecule has 2 heterocycles. The number of benzene rings is 4. The van der Waals surface area contributed by atoms with Crippen LogP contribution in [0.5, 0.6) is 11.6 Å². The van der Waals surface area contributed by atoms with Gasteiger partial charge in [0.2, 0.25) is 11.8 Å². The van der Waals surface area contributed by atoms with Gasteiger partial charge >= 0.3 is 6.03 Å². The molecule has 0 saturated carbocycles. The highest BCUT2D eigenvalue weighted by Gasteiger charge is 2.21. The van der Waals surface area contributed by atoms with Gasteiger partial charge in [0, 0.05) is 34.8 Å². The maximum Gasteiger partial charge on any atom is 0.324 e. The first-order valence-electron chi connectivity index (χ1n) is 14.6. The first-order chi connectivity index (χ1) is 21.8. The Bertz CT molecular complexity index is 1960. The van der Waals surface area contributed by atoms with Gasteiger partial charge < -0.3 is 15.4 Å². The van der Waals surface area contributed by atoms with Crippen molar-refractivity contribution in [1.29, 1.82) is 0 Å². The van der Waals surface area contributed by atoms with Gasteiger partial charge in [0.05, 0.1) is 11.4 Å². The molecule has 0 fully saturated rings. The molecule has 9 nitrogen and oxygen atoms in total. The van der Waals surface area contributed by atoms with Crippen molar-refractivity contribution in [3.63, 3.8) is 0 Å². The lowest BCUT2D eigenvalue weighted by Gasteiger charge is -2.26. The van der Waals surface area contributed by atoms with Crippen LogP contribution in [0, 0.1) is 6.92 Å². The molecular formula is C35H35N7O2S. The van der Waals surface area contributed by atoms with Crippen LogP contribution < -0.4 is 20.7 Å². The Kier molecular flexibility index (Phi) is 8.39. The van der Waals surface area contributed by atoms with Gasteiger partial charge in [-0.2, -0.15) is 10.1 Å². The smallest absolute Gasteiger partial charge is 0.324 e. The zero-order valence-electron chi connectivity index (χ0n) is 25.6.